The number of carboxylic acid groups (broad SMARTS) is 1. The molecule has 0 aromatic rings. The largest absolute Gasteiger partial charge is 0.480 e. The van der Waals surface area contributed by atoms with Gasteiger partial charge in [0.15, 0.2) is 4.33 Å². The maximum absolute atomic E-state index is 11.2. The summed E-state index contributed by atoms with van der Waals surface area (Å²) in [6, 6.07) is -0.372. The Hall–Kier alpha value is 0.01000. The topological polar surface area (TPSA) is 65.0 Å². The van der Waals surface area contributed by atoms with Crippen LogP contribution in [-0.4, -0.2) is 69.8 Å². The van der Waals surface area contributed by atoms with E-state index in [1.807, 2.05) is 28.8 Å². The fraction of sp³-hybridized carbons (Fsp3) is 0.900. The Labute approximate surface area is 114 Å². The molecule has 0 aromatic heterocycles. The third-order valence-corrected chi connectivity index (χ3v) is 6.97. The first-order valence-electron chi connectivity index (χ1n) is 6.00. The molecule has 0 aliphatic carbocycles. The number of hydroxylamine groups is 2. The van der Waals surface area contributed by atoms with Crippen molar-refractivity contribution in [3.63, 3.8) is 0 Å². The zero-order valence-electron chi connectivity index (χ0n) is 10.2. The number of hydrogen-bond donors (Lipinski definition) is 2. The molecule has 2 N–H and O–H groups in total. The molecular weight excluding hydrogens is 274 g/mol. The zero-order valence-corrected chi connectivity index (χ0v) is 11.8. The molecule has 3 atom stereocenters. The van der Waals surface area contributed by atoms with E-state index in [0.29, 0.717) is 24.9 Å². The van der Waals surface area contributed by atoms with Gasteiger partial charge in [0.05, 0.1) is 13.3 Å². The van der Waals surface area contributed by atoms with E-state index in [4.69, 9.17) is 4.84 Å². The Morgan fingerprint density at radius 1 is 1.56 bits per heavy atom. The first kappa shape index (κ1) is 13.0. The van der Waals surface area contributed by atoms with Crippen molar-refractivity contribution in [2.24, 2.45) is 5.92 Å². The molecule has 3 aliphatic rings. The van der Waals surface area contributed by atoms with Crippen molar-refractivity contribution in [3.05, 3.63) is 0 Å². The van der Waals surface area contributed by atoms with E-state index in [2.05, 4.69) is 5.32 Å². The lowest BCUT2D eigenvalue weighted by Crippen LogP contribution is -2.70. The van der Waals surface area contributed by atoms with Crippen molar-refractivity contribution >= 4 is 29.5 Å². The molecule has 0 radical (unpaired) electrons. The number of rotatable bonds is 3. The summed E-state index contributed by atoms with van der Waals surface area (Å²) >= 11 is 3.49. The standard InChI is InChI=1S/C10H17N3O3S2/c1-11-2-7-3-16-13-6-12-8(9(14)15)5-18-10(12,13)17-4-7/h7-8,11H,2-6H2,1H3,(H,14,15)/t7?,8?,10-/m0/s1. The fourth-order valence-electron chi connectivity index (χ4n) is 2.51. The molecule has 3 rings (SSSR count). The third kappa shape index (κ3) is 1.86. The van der Waals surface area contributed by atoms with Crippen LogP contribution in [0.1, 0.15) is 0 Å². The van der Waals surface area contributed by atoms with Crippen LogP contribution < -0.4 is 5.32 Å². The lowest BCUT2D eigenvalue weighted by Gasteiger charge is -2.54. The minimum Gasteiger partial charge on any atom is -0.480 e. The van der Waals surface area contributed by atoms with Crippen LogP contribution in [-0.2, 0) is 9.63 Å². The lowest BCUT2D eigenvalue weighted by atomic mass is 10.2. The summed E-state index contributed by atoms with van der Waals surface area (Å²) in [5.74, 6) is 1.38. The zero-order chi connectivity index (χ0) is 12.8. The Morgan fingerprint density at radius 2 is 2.33 bits per heavy atom. The van der Waals surface area contributed by atoms with Gasteiger partial charge in [-0.1, -0.05) is 0 Å². The van der Waals surface area contributed by atoms with Crippen LogP contribution in [0.3, 0.4) is 0 Å². The van der Waals surface area contributed by atoms with Gasteiger partial charge < -0.3 is 10.4 Å². The van der Waals surface area contributed by atoms with Crippen LogP contribution in [0.5, 0.6) is 0 Å². The van der Waals surface area contributed by atoms with E-state index >= 15 is 0 Å². The van der Waals surface area contributed by atoms with Gasteiger partial charge in [0.1, 0.15) is 6.04 Å². The molecular formula is C10H17N3O3S2. The van der Waals surface area contributed by atoms with Gasteiger partial charge in [-0.2, -0.15) is 0 Å². The second kappa shape index (κ2) is 4.84. The van der Waals surface area contributed by atoms with E-state index in [0.717, 1.165) is 12.3 Å². The van der Waals surface area contributed by atoms with Gasteiger partial charge in [-0.25, -0.2) is 4.90 Å². The molecule has 18 heavy (non-hydrogen) atoms. The number of carbonyl (C=O) groups is 1. The van der Waals surface area contributed by atoms with Crippen molar-refractivity contribution in [2.45, 2.75) is 10.4 Å². The summed E-state index contributed by atoms with van der Waals surface area (Å²) in [4.78, 5) is 19.0. The molecule has 3 heterocycles. The number of nitrogens with one attached hydrogen (secondary N) is 1. The molecule has 8 heteroatoms. The molecule has 102 valence electrons. The third-order valence-electron chi connectivity index (χ3n) is 3.52. The predicted octanol–water partition coefficient (Wildman–Crippen LogP) is -0.113. The van der Waals surface area contributed by atoms with Crippen LogP contribution in [0.25, 0.3) is 0 Å². The molecule has 0 amide bonds. The SMILES string of the molecule is CNCC1CON2CN3C(C(=O)O)CS[C@]23SC1. The molecule has 0 aromatic carbocycles. The second-order valence-electron chi connectivity index (χ2n) is 4.73. The van der Waals surface area contributed by atoms with E-state index in [9.17, 15) is 9.90 Å². The van der Waals surface area contributed by atoms with Crippen molar-refractivity contribution in [1.82, 2.24) is 15.3 Å². The van der Waals surface area contributed by atoms with Crippen molar-refractivity contribution in [1.29, 1.82) is 0 Å². The number of hydrogen-bond acceptors (Lipinski definition) is 7. The minimum absolute atomic E-state index is 0.286. The van der Waals surface area contributed by atoms with Gasteiger partial charge >= 0.3 is 5.97 Å². The Kier molecular flexibility index (Phi) is 3.50. The Morgan fingerprint density at radius 3 is 3.06 bits per heavy atom. The summed E-state index contributed by atoms with van der Waals surface area (Å²) in [6.07, 6.45) is 0. The molecule has 1 spiro atoms. The fourth-order valence-corrected chi connectivity index (χ4v) is 5.83. The highest BCUT2D eigenvalue weighted by Crippen LogP contribution is 2.57. The monoisotopic (exact) mass is 291 g/mol. The average Bonchev–Trinajstić information content (AvgIpc) is 2.52. The Bertz CT molecular complexity index is 359. The van der Waals surface area contributed by atoms with Gasteiger partial charge in [-0.05, 0) is 7.05 Å². The summed E-state index contributed by atoms with van der Waals surface area (Å²) in [5, 5.41) is 14.3. The normalized spacial score (nSPS) is 40.7. The first-order valence-corrected chi connectivity index (χ1v) is 7.97. The van der Waals surface area contributed by atoms with Gasteiger partial charge in [-0.3, -0.25) is 9.63 Å². The second-order valence-corrected chi connectivity index (χ2v) is 7.37. The Balaban J connectivity index is 1.71. The van der Waals surface area contributed by atoms with Crippen LogP contribution in [0.15, 0.2) is 0 Å². The quantitative estimate of drug-likeness (QED) is 0.746. The van der Waals surface area contributed by atoms with E-state index in [-0.39, 0.29) is 10.4 Å². The van der Waals surface area contributed by atoms with Crippen LogP contribution in [0.4, 0.5) is 0 Å². The van der Waals surface area contributed by atoms with E-state index in [1.165, 1.54) is 0 Å². The average molecular weight is 291 g/mol. The van der Waals surface area contributed by atoms with Crippen LogP contribution >= 0.6 is 23.5 Å². The molecule has 3 saturated heterocycles. The highest BCUT2D eigenvalue weighted by atomic mass is 32.2. The number of nitrogens with zero attached hydrogens (tertiary/aromatic N) is 2. The summed E-state index contributed by atoms with van der Waals surface area (Å²) in [7, 11) is 1.94. The van der Waals surface area contributed by atoms with E-state index in [1.54, 1.807) is 11.8 Å². The lowest BCUT2D eigenvalue weighted by molar-refractivity contribution is -0.298. The molecule has 0 bridgehead atoms. The minimum atomic E-state index is -0.726. The van der Waals surface area contributed by atoms with Crippen LogP contribution in [0, 0.1) is 5.92 Å². The maximum atomic E-state index is 11.2. The van der Waals surface area contributed by atoms with Crippen LogP contribution in [0.2, 0.25) is 0 Å². The van der Waals surface area contributed by atoms with Crippen molar-refractivity contribution < 1.29 is 14.7 Å². The highest BCUT2D eigenvalue weighted by Gasteiger charge is 2.63. The summed E-state index contributed by atoms with van der Waals surface area (Å²) in [6.45, 7) is 2.24. The molecule has 3 aliphatic heterocycles. The molecule has 0 saturated carbocycles. The molecule has 3 fully saturated rings. The number of thioether (sulfide) groups is 2. The van der Waals surface area contributed by atoms with Gasteiger partial charge in [0.25, 0.3) is 0 Å². The first-order chi connectivity index (χ1) is 8.67. The van der Waals surface area contributed by atoms with Crippen molar-refractivity contribution in [2.75, 3.05) is 38.4 Å². The van der Waals surface area contributed by atoms with Gasteiger partial charge in [0, 0.05) is 24.0 Å². The smallest absolute Gasteiger partial charge is 0.321 e. The number of carboxylic acids is 1. The molecule has 2 unspecified atom stereocenters. The van der Waals surface area contributed by atoms with E-state index < -0.39 is 5.97 Å². The maximum Gasteiger partial charge on any atom is 0.321 e. The number of aliphatic carboxylic acids is 1. The summed E-state index contributed by atoms with van der Waals surface area (Å²) in [5.41, 5.74) is 0. The van der Waals surface area contributed by atoms with Gasteiger partial charge in [-0.15, -0.1) is 28.6 Å². The van der Waals surface area contributed by atoms with Crippen molar-refractivity contribution in [3.8, 4) is 0 Å². The van der Waals surface area contributed by atoms with Gasteiger partial charge in [0.2, 0.25) is 0 Å². The highest BCUT2D eigenvalue weighted by molar-refractivity contribution is 8.18. The molecule has 6 nitrogen and oxygen atoms in total. The summed E-state index contributed by atoms with van der Waals surface area (Å²) < 4.78 is -0.286. The predicted molar refractivity (Wildman–Crippen MR) is 71.0 cm³/mol.